The summed E-state index contributed by atoms with van der Waals surface area (Å²) < 4.78 is 15.8. The smallest absolute Gasteiger partial charge is 0.339 e. The Bertz CT molecular complexity index is 1290. The highest BCUT2D eigenvalue weighted by atomic mass is 16.6. The van der Waals surface area contributed by atoms with Crippen LogP contribution in [0.15, 0.2) is 91.2 Å². The summed E-state index contributed by atoms with van der Waals surface area (Å²) in [5.74, 6) is -0.491. The van der Waals surface area contributed by atoms with Crippen molar-refractivity contribution >= 4 is 28.9 Å². The van der Waals surface area contributed by atoms with Crippen molar-refractivity contribution in [3.63, 3.8) is 0 Å². The topological polar surface area (TPSA) is 82.1 Å². The van der Waals surface area contributed by atoms with Gasteiger partial charge in [-0.2, -0.15) is 0 Å². The van der Waals surface area contributed by atoms with Gasteiger partial charge in [0.25, 0.3) is 5.91 Å². The summed E-state index contributed by atoms with van der Waals surface area (Å²) in [5.41, 5.74) is 4.20. The van der Waals surface area contributed by atoms with E-state index in [-0.39, 0.29) is 11.1 Å². The first kappa shape index (κ1) is 23.5. The molecule has 0 radical (unpaired) electrons. The van der Waals surface area contributed by atoms with Crippen molar-refractivity contribution in [2.24, 2.45) is 0 Å². The number of esters is 1. The van der Waals surface area contributed by atoms with Crippen molar-refractivity contribution < 1.29 is 28.6 Å². The van der Waals surface area contributed by atoms with Gasteiger partial charge in [0, 0.05) is 5.69 Å². The third kappa shape index (κ3) is 4.58. The van der Waals surface area contributed by atoms with Crippen LogP contribution < -0.4 is 14.4 Å². The van der Waals surface area contributed by atoms with Crippen molar-refractivity contribution in [3.05, 3.63) is 102 Å². The summed E-state index contributed by atoms with van der Waals surface area (Å²) in [5, 5.41) is 0. The molecule has 7 nitrogen and oxygen atoms in total. The van der Waals surface area contributed by atoms with E-state index < -0.39 is 29.8 Å². The standard InChI is InChI=1S/C28H23NO6/c1-4-23(18-8-6-5-7-9-18)25(30)24-26(35-28(32)19-10-14-21(33-2)15-11-19)27(31)29(24)20-12-16-22(34-3)17-13-20/h5-17,24,26H,1H2,2-3H3/t24-,26+/m0/s1. The number of hydrogen-bond acceptors (Lipinski definition) is 6. The lowest BCUT2D eigenvalue weighted by atomic mass is 9.87. The molecule has 3 aromatic rings. The predicted molar refractivity (Wildman–Crippen MR) is 130 cm³/mol. The number of carbonyl (C=O) groups is 3. The van der Waals surface area contributed by atoms with E-state index in [0.29, 0.717) is 22.7 Å². The molecule has 0 saturated carbocycles. The average molecular weight is 469 g/mol. The third-order valence-electron chi connectivity index (χ3n) is 5.71. The Balaban J connectivity index is 1.66. The van der Waals surface area contributed by atoms with E-state index in [9.17, 15) is 14.4 Å². The Hall–Kier alpha value is -4.61. The Morgan fingerprint density at radius 3 is 1.94 bits per heavy atom. The van der Waals surface area contributed by atoms with Crippen LogP contribution in [0.5, 0.6) is 11.5 Å². The molecule has 1 heterocycles. The highest BCUT2D eigenvalue weighted by Gasteiger charge is 2.55. The Labute approximate surface area is 202 Å². The molecule has 0 bridgehead atoms. The van der Waals surface area contributed by atoms with Crippen LogP contribution in [0.4, 0.5) is 5.69 Å². The zero-order valence-corrected chi connectivity index (χ0v) is 19.3. The largest absolute Gasteiger partial charge is 0.497 e. The molecule has 2 atom stereocenters. The summed E-state index contributed by atoms with van der Waals surface area (Å²) in [6.07, 6.45) is -1.30. The molecule has 0 unspecified atom stereocenters. The van der Waals surface area contributed by atoms with Crippen LogP contribution in [0, 0.1) is 0 Å². The molecular formula is C28H23NO6. The zero-order valence-electron chi connectivity index (χ0n) is 19.3. The molecule has 3 aromatic carbocycles. The number of hydrogen-bond donors (Lipinski definition) is 0. The van der Waals surface area contributed by atoms with Gasteiger partial charge in [-0.25, -0.2) is 4.79 Å². The number of β-lactam (4-membered cyclic amide) rings is 1. The van der Waals surface area contributed by atoms with Crippen LogP contribution in [-0.4, -0.2) is 44.0 Å². The lowest BCUT2D eigenvalue weighted by Crippen LogP contribution is -2.69. The van der Waals surface area contributed by atoms with Crippen molar-refractivity contribution in [1.82, 2.24) is 0 Å². The van der Waals surface area contributed by atoms with Crippen LogP contribution in [0.25, 0.3) is 5.57 Å². The van der Waals surface area contributed by atoms with Gasteiger partial charge in [-0.15, -0.1) is 5.73 Å². The normalized spacial score (nSPS) is 16.5. The second-order valence-electron chi connectivity index (χ2n) is 7.69. The summed E-state index contributed by atoms with van der Waals surface area (Å²) in [6.45, 7) is 3.67. The van der Waals surface area contributed by atoms with Gasteiger partial charge in [-0.05, 0) is 54.1 Å². The number of amides is 1. The van der Waals surface area contributed by atoms with Gasteiger partial charge in [-0.1, -0.05) is 36.9 Å². The Morgan fingerprint density at radius 2 is 1.40 bits per heavy atom. The molecule has 1 fully saturated rings. The molecule has 1 amide bonds. The van der Waals surface area contributed by atoms with Gasteiger partial charge in [0.1, 0.15) is 17.5 Å². The van der Waals surface area contributed by atoms with Gasteiger partial charge >= 0.3 is 5.97 Å². The van der Waals surface area contributed by atoms with Crippen LogP contribution in [0.2, 0.25) is 0 Å². The van der Waals surface area contributed by atoms with Gasteiger partial charge in [0.2, 0.25) is 6.10 Å². The summed E-state index contributed by atoms with van der Waals surface area (Å²) in [4.78, 5) is 40.9. The van der Waals surface area contributed by atoms with E-state index in [0.717, 1.165) is 0 Å². The summed E-state index contributed by atoms with van der Waals surface area (Å²) >= 11 is 0. The van der Waals surface area contributed by atoms with Crippen molar-refractivity contribution in [2.45, 2.75) is 12.1 Å². The van der Waals surface area contributed by atoms with E-state index in [2.05, 4.69) is 12.3 Å². The fraction of sp³-hybridized carbons (Fsp3) is 0.143. The Kier molecular flexibility index (Phi) is 6.81. The fourth-order valence-electron chi connectivity index (χ4n) is 3.86. The molecule has 1 aliphatic heterocycles. The maximum atomic E-state index is 13.7. The van der Waals surface area contributed by atoms with E-state index in [1.165, 1.54) is 31.3 Å². The zero-order chi connectivity index (χ0) is 24.9. The van der Waals surface area contributed by atoms with Crippen molar-refractivity contribution in [1.29, 1.82) is 0 Å². The highest BCUT2D eigenvalue weighted by Crippen LogP contribution is 2.35. The molecule has 1 aliphatic rings. The lowest BCUT2D eigenvalue weighted by molar-refractivity contribution is -0.142. The first-order chi connectivity index (χ1) is 17.0. The van der Waals surface area contributed by atoms with Crippen molar-refractivity contribution in [3.8, 4) is 11.5 Å². The summed E-state index contributed by atoms with van der Waals surface area (Å²) in [6, 6.07) is 20.8. The second kappa shape index (κ2) is 10.1. The highest BCUT2D eigenvalue weighted by molar-refractivity contribution is 6.30. The van der Waals surface area contributed by atoms with E-state index in [4.69, 9.17) is 14.2 Å². The van der Waals surface area contributed by atoms with E-state index >= 15 is 0 Å². The van der Waals surface area contributed by atoms with E-state index in [1.54, 1.807) is 60.7 Å². The number of Topliss-reactive ketones (excluding diaryl/α,β-unsaturated/α-hetero) is 1. The average Bonchev–Trinajstić information content (AvgIpc) is 2.91. The van der Waals surface area contributed by atoms with E-state index in [1.807, 2.05) is 6.07 Å². The fourth-order valence-corrected chi connectivity index (χ4v) is 3.86. The number of carbonyl (C=O) groups excluding carboxylic acids is 3. The summed E-state index contributed by atoms with van der Waals surface area (Å²) in [7, 11) is 3.05. The minimum absolute atomic E-state index is 0.201. The monoisotopic (exact) mass is 469 g/mol. The third-order valence-corrected chi connectivity index (χ3v) is 5.71. The predicted octanol–water partition coefficient (Wildman–Crippen LogP) is 4.08. The SMILES string of the molecule is C=C=C(C(=O)[C@H]1[C@@H](OC(=O)c2ccc(OC)cc2)C(=O)N1c1ccc(OC)cc1)c1ccccc1. The van der Waals surface area contributed by atoms with Crippen molar-refractivity contribution in [2.75, 3.05) is 19.1 Å². The maximum absolute atomic E-state index is 13.7. The lowest BCUT2D eigenvalue weighted by Gasteiger charge is -2.45. The van der Waals surface area contributed by atoms with Crippen LogP contribution in [-0.2, 0) is 14.3 Å². The van der Waals surface area contributed by atoms with Gasteiger partial charge in [-0.3, -0.25) is 14.5 Å². The van der Waals surface area contributed by atoms with Gasteiger partial charge < -0.3 is 14.2 Å². The molecule has 0 spiro atoms. The molecular weight excluding hydrogens is 446 g/mol. The minimum Gasteiger partial charge on any atom is -0.497 e. The minimum atomic E-state index is -1.30. The number of rotatable bonds is 8. The number of methoxy groups -OCH3 is 2. The molecule has 7 heteroatoms. The van der Waals surface area contributed by atoms with Crippen LogP contribution in [0.1, 0.15) is 15.9 Å². The number of anilines is 1. The second-order valence-corrected chi connectivity index (χ2v) is 7.69. The molecule has 176 valence electrons. The first-order valence-electron chi connectivity index (χ1n) is 10.8. The number of benzene rings is 3. The molecule has 1 saturated heterocycles. The molecule has 4 rings (SSSR count). The number of nitrogens with zero attached hydrogens (tertiary/aromatic N) is 1. The molecule has 0 aromatic heterocycles. The molecule has 35 heavy (non-hydrogen) atoms. The van der Waals surface area contributed by atoms with Gasteiger partial charge in [0.15, 0.2) is 5.78 Å². The van der Waals surface area contributed by atoms with Crippen LogP contribution in [0.3, 0.4) is 0 Å². The number of ether oxygens (including phenoxy) is 3. The molecule has 0 aliphatic carbocycles. The van der Waals surface area contributed by atoms with Crippen LogP contribution >= 0.6 is 0 Å². The number of ketones is 1. The van der Waals surface area contributed by atoms with Gasteiger partial charge in [0.05, 0.1) is 25.4 Å². The maximum Gasteiger partial charge on any atom is 0.339 e. The Morgan fingerprint density at radius 1 is 0.829 bits per heavy atom. The quantitative estimate of drug-likeness (QED) is 0.214. The first-order valence-corrected chi connectivity index (χ1v) is 10.8. The molecule has 0 N–H and O–H groups in total.